The van der Waals surface area contributed by atoms with Crippen LogP contribution in [0.2, 0.25) is 0 Å². The molecule has 0 saturated heterocycles. The molecule has 0 unspecified atom stereocenters. The van der Waals surface area contributed by atoms with Crippen LogP contribution in [-0.2, 0) is 14.8 Å². The molecule has 0 fully saturated rings. The number of rotatable bonds is 6. The third-order valence-electron chi connectivity index (χ3n) is 4.24. The van der Waals surface area contributed by atoms with Crippen molar-refractivity contribution in [2.75, 3.05) is 18.4 Å². The van der Waals surface area contributed by atoms with Crippen molar-refractivity contribution in [3.05, 3.63) is 71.0 Å². The molecule has 0 aliphatic heterocycles. The smallest absolute Gasteiger partial charge is 0.243 e. The third-order valence-corrected chi connectivity index (χ3v) is 6.65. The molecule has 1 N–H and O–H groups in total. The van der Waals surface area contributed by atoms with Crippen LogP contribution in [0.3, 0.4) is 0 Å². The van der Waals surface area contributed by atoms with Gasteiger partial charge in [0.15, 0.2) is 0 Å². The SMILES string of the molecule is CCN(CC(=O)Nc1ccc(Br)cc1F)S(=O)(=O)c1ccc2ccccc2c1. The summed E-state index contributed by atoms with van der Waals surface area (Å²) in [7, 11) is -3.88. The summed E-state index contributed by atoms with van der Waals surface area (Å²) in [6.07, 6.45) is 0. The highest BCUT2D eigenvalue weighted by atomic mass is 79.9. The van der Waals surface area contributed by atoms with Crippen molar-refractivity contribution in [3.63, 3.8) is 0 Å². The van der Waals surface area contributed by atoms with Crippen LogP contribution >= 0.6 is 15.9 Å². The van der Waals surface area contributed by atoms with E-state index >= 15 is 0 Å². The van der Waals surface area contributed by atoms with Crippen molar-refractivity contribution in [2.24, 2.45) is 0 Å². The van der Waals surface area contributed by atoms with E-state index in [0.29, 0.717) is 4.47 Å². The van der Waals surface area contributed by atoms with Gasteiger partial charge in [-0.25, -0.2) is 12.8 Å². The molecule has 0 heterocycles. The van der Waals surface area contributed by atoms with Gasteiger partial charge in [0.2, 0.25) is 15.9 Å². The molecule has 0 spiro atoms. The minimum absolute atomic E-state index is 0.00708. The third kappa shape index (κ3) is 4.40. The van der Waals surface area contributed by atoms with Gasteiger partial charge in [0.25, 0.3) is 0 Å². The fourth-order valence-electron chi connectivity index (χ4n) is 2.78. The summed E-state index contributed by atoms with van der Waals surface area (Å²) in [5.41, 5.74) is -0.00708. The van der Waals surface area contributed by atoms with Gasteiger partial charge in [-0.2, -0.15) is 4.31 Å². The quantitative estimate of drug-likeness (QED) is 0.587. The molecule has 8 heteroatoms. The molecule has 0 radical (unpaired) electrons. The van der Waals surface area contributed by atoms with Crippen LogP contribution in [-0.4, -0.2) is 31.7 Å². The second-order valence-electron chi connectivity index (χ2n) is 6.11. The lowest BCUT2D eigenvalue weighted by Crippen LogP contribution is -2.37. The number of hydrogen-bond acceptors (Lipinski definition) is 3. The number of nitrogens with one attached hydrogen (secondary N) is 1. The van der Waals surface area contributed by atoms with Crippen molar-refractivity contribution in [3.8, 4) is 0 Å². The summed E-state index contributed by atoms with van der Waals surface area (Å²) in [6.45, 7) is 1.33. The first-order chi connectivity index (χ1) is 13.3. The maximum absolute atomic E-state index is 13.9. The van der Waals surface area contributed by atoms with Crippen LogP contribution in [0.5, 0.6) is 0 Å². The van der Waals surface area contributed by atoms with E-state index in [4.69, 9.17) is 0 Å². The second-order valence-corrected chi connectivity index (χ2v) is 8.97. The summed E-state index contributed by atoms with van der Waals surface area (Å²) < 4.78 is 41.4. The standard InChI is InChI=1S/C20H18BrFN2O3S/c1-2-24(13-20(25)23-19-10-8-16(21)12-18(19)22)28(26,27)17-9-7-14-5-3-4-6-15(14)11-17/h3-12H,2,13H2,1H3,(H,23,25). The first-order valence-corrected chi connectivity index (χ1v) is 10.8. The number of halogens is 2. The highest BCUT2D eigenvalue weighted by Gasteiger charge is 2.25. The molecular formula is C20H18BrFN2O3S. The molecule has 0 saturated carbocycles. The Morgan fingerprint density at radius 2 is 1.79 bits per heavy atom. The Balaban J connectivity index is 1.81. The van der Waals surface area contributed by atoms with Gasteiger partial charge in [-0.3, -0.25) is 4.79 Å². The molecule has 3 aromatic carbocycles. The topological polar surface area (TPSA) is 66.5 Å². The van der Waals surface area contributed by atoms with E-state index < -0.39 is 28.3 Å². The second kappa shape index (κ2) is 8.38. The van der Waals surface area contributed by atoms with Gasteiger partial charge in [-0.1, -0.05) is 53.2 Å². The van der Waals surface area contributed by atoms with Crippen LogP contribution in [0, 0.1) is 5.82 Å². The van der Waals surface area contributed by atoms with Crippen LogP contribution in [0.25, 0.3) is 10.8 Å². The Hall–Kier alpha value is -2.29. The van der Waals surface area contributed by atoms with E-state index in [0.717, 1.165) is 15.1 Å². The Kier molecular flexibility index (Phi) is 6.12. The van der Waals surface area contributed by atoms with E-state index in [1.165, 1.54) is 18.2 Å². The summed E-state index contributed by atoms with van der Waals surface area (Å²) in [5.74, 6) is -1.23. The lowest BCUT2D eigenvalue weighted by Gasteiger charge is -2.20. The normalized spacial score (nSPS) is 11.7. The zero-order chi connectivity index (χ0) is 20.3. The average Bonchev–Trinajstić information content (AvgIpc) is 2.67. The number of hydrogen-bond donors (Lipinski definition) is 1. The van der Waals surface area contributed by atoms with Crippen molar-refractivity contribution in [1.82, 2.24) is 4.31 Å². The molecule has 0 aliphatic carbocycles. The molecule has 0 aliphatic rings. The molecule has 0 bridgehead atoms. The molecule has 5 nitrogen and oxygen atoms in total. The summed E-state index contributed by atoms with van der Waals surface area (Å²) >= 11 is 3.14. The summed E-state index contributed by atoms with van der Waals surface area (Å²) in [4.78, 5) is 12.4. The molecule has 28 heavy (non-hydrogen) atoms. The van der Waals surface area contributed by atoms with Gasteiger partial charge in [-0.05, 0) is 41.1 Å². The first-order valence-electron chi connectivity index (χ1n) is 8.55. The molecule has 0 atom stereocenters. The maximum atomic E-state index is 13.9. The lowest BCUT2D eigenvalue weighted by molar-refractivity contribution is -0.116. The molecule has 1 amide bonds. The average molecular weight is 465 g/mol. The van der Waals surface area contributed by atoms with Crippen LogP contribution < -0.4 is 5.32 Å². The fourth-order valence-corrected chi connectivity index (χ4v) is 4.56. The zero-order valence-corrected chi connectivity index (χ0v) is 17.4. The Labute approximate surface area is 171 Å². The van der Waals surface area contributed by atoms with E-state index in [1.807, 2.05) is 24.3 Å². The number of likely N-dealkylation sites (N-methyl/N-ethyl adjacent to an activating group) is 1. The number of fused-ring (bicyclic) bond motifs is 1. The van der Waals surface area contributed by atoms with Gasteiger partial charge in [0, 0.05) is 11.0 Å². The monoisotopic (exact) mass is 464 g/mol. The first kappa shape index (κ1) is 20.4. The number of benzene rings is 3. The highest BCUT2D eigenvalue weighted by Crippen LogP contribution is 2.23. The molecule has 3 rings (SSSR count). The molecule has 0 aromatic heterocycles. The Morgan fingerprint density at radius 3 is 2.46 bits per heavy atom. The predicted octanol–water partition coefficient (Wildman–Crippen LogP) is 4.39. The number of amides is 1. The fraction of sp³-hybridized carbons (Fsp3) is 0.150. The lowest BCUT2D eigenvalue weighted by atomic mass is 10.1. The van der Waals surface area contributed by atoms with E-state index in [1.54, 1.807) is 25.1 Å². The van der Waals surface area contributed by atoms with Gasteiger partial charge < -0.3 is 5.32 Å². The van der Waals surface area contributed by atoms with Crippen molar-refractivity contribution in [2.45, 2.75) is 11.8 Å². The number of sulfonamides is 1. The largest absolute Gasteiger partial charge is 0.322 e. The van der Waals surface area contributed by atoms with Crippen molar-refractivity contribution in [1.29, 1.82) is 0 Å². The van der Waals surface area contributed by atoms with Crippen LogP contribution in [0.15, 0.2) is 70.0 Å². The van der Waals surface area contributed by atoms with E-state index in [9.17, 15) is 17.6 Å². The van der Waals surface area contributed by atoms with Gasteiger partial charge in [-0.15, -0.1) is 0 Å². The minimum atomic E-state index is -3.88. The summed E-state index contributed by atoms with van der Waals surface area (Å²) in [6, 6.07) is 16.5. The summed E-state index contributed by atoms with van der Waals surface area (Å²) in [5, 5.41) is 4.13. The van der Waals surface area contributed by atoms with E-state index in [2.05, 4.69) is 21.2 Å². The Bertz CT molecular complexity index is 1140. The number of anilines is 1. The van der Waals surface area contributed by atoms with Gasteiger partial charge in [0.1, 0.15) is 5.82 Å². The van der Waals surface area contributed by atoms with Crippen LogP contribution in [0.4, 0.5) is 10.1 Å². The minimum Gasteiger partial charge on any atom is -0.322 e. The molecule has 3 aromatic rings. The molecular weight excluding hydrogens is 447 g/mol. The Morgan fingerprint density at radius 1 is 1.07 bits per heavy atom. The number of nitrogens with zero attached hydrogens (tertiary/aromatic N) is 1. The van der Waals surface area contributed by atoms with Crippen molar-refractivity contribution < 1.29 is 17.6 Å². The van der Waals surface area contributed by atoms with Crippen molar-refractivity contribution >= 4 is 48.3 Å². The maximum Gasteiger partial charge on any atom is 0.243 e. The highest BCUT2D eigenvalue weighted by molar-refractivity contribution is 9.10. The van der Waals surface area contributed by atoms with E-state index in [-0.39, 0.29) is 17.1 Å². The predicted molar refractivity (Wildman–Crippen MR) is 111 cm³/mol. The number of carbonyl (C=O) groups is 1. The van der Waals surface area contributed by atoms with Crippen LogP contribution in [0.1, 0.15) is 6.92 Å². The zero-order valence-electron chi connectivity index (χ0n) is 15.0. The molecule has 146 valence electrons. The van der Waals surface area contributed by atoms with Gasteiger partial charge >= 0.3 is 0 Å². The van der Waals surface area contributed by atoms with Gasteiger partial charge in [0.05, 0.1) is 17.1 Å². The number of carbonyl (C=O) groups excluding carboxylic acids is 1.